The van der Waals surface area contributed by atoms with Gasteiger partial charge in [0.1, 0.15) is 5.60 Å². The molecule has 0 heterocycles. The highest BCUT2D eigenvalue weighted by atomic mass is 16.6. The van der Waals surface area contributed by atoms with Crippen LogP contribution in [0.25, 0.3) is 0 Å². The van der Waals surface area contributed by atoms with Crippen molar-refractivity contribution < 1.29 is 9.53 Å². The number of esters is 1. The standard InChI is InChI=1S/C14H21O2/c1-2-3-13(15)16-14-7-10-4-11(8-14)6-12(5-10)9-14/h3,10-12H,2,4-9H2,1H3. The predicted molar refractivity (Wildman–Crippen MR) is 61.6 cm³/mol. The third kappa shape index (κ3) is 1.76. The van der Waals surface area contributed by atoms with E-state index in [-0.39, 0.29) is 11.6 Å². The highest BCUT2D eigenvalue weighted by Gasteiger charge is 2.53. The van der Waals surface area contributed by atoms with Crippen LogP contribution in [0.2, 0.25) is 0 Å². The van der Waals surface area contributed by atoms with E-state index in [1.54, 1.807) is 6.42 Å². The summed E-state index contributed by atoms with van der Waals surface area (Å²) in [5.41, 5.74) is -0.0580. The van der Waals surface area contributed by atoms with Gasteiger partial charge in [0.15, 0.2) is 0 Å². The van der Waals surface area contributed by atoms with Gasteiger partial charge in [-0.2, -0.15) is 0 Å². The van der Waals surface area contributed by atoms with E-state index >= 15 is 0 Å². The SMILES string of the molecule is CC[CH]C(=O)OC12CC3CC(CC(C3)C1)C2. The Bertz CT molecular complexity index is 260. The van der Waals surface area contributed by atoms with Crippen LogP contribution < -0.4 is 0 Å². The number of hydrogen-bond donors (Lipinski definition) is 0. The number of rotatable bonds is 3. The topological polar surface area (TPSA) is 26.3 Å². The van der Waals surface area contributed by atoms with Gasteiger partial charge in [-0.3, -0.25) is 4.79 Å². The molecule has 2 heteroatoms. The van der Waals surface area contributed by atoms with Crippen LogP contribution in [-0.2, 0) is 9.53 Å². The largest absolute Gasteiger partial charge is 0.459 e. The van der Waals surface area contributed by atoms with Crippen molar-refractivity contribution in [1.29, 1.82) is 0 Å². The molecule has 2 nitrogen and oxygen atoms in total. The summed E-state index contributed by atoms with van der Waals surface area (Å²) in [6.45, 7) is 1.99. The zero-order valence-corrected chi connectivity index (χ0v) is 10.1. The second-order valence-corrected chi connectivity index (χ2v) is 6.13. The van der Waals surface area contributed by atoms with E-state index in [0.29, 0.717) is 0 Å². The molecule has 4 aliphatic carbocycles. The number of ether oxygens (including phenoxy) is 1. The van der Waals surface area contributed by atoms with Gasteiger partial charge in [-0.1, -0.05) is 6.92 Å². The Morgan fingerprint density at radius 3 is 2.12 bits per heavy atom. The van der Waals surface area contributed by atoms with Gasteiger partial charge in [0.2, 0.25) is 0 Å². The van der Waals surface area contributed by atoms with Crippen LogP contribution >= 0.6 is 0 Å². The maximum absolute atomic E-state index is 11.6. The second kappa shape index (κ2) is 3.75. The molecule has 16 heavy (non-hydrogen) atoms. The normalized spacial score (nSPS) is 44.7. The van der Waals surface area contributed by atoms with Gasteiger partial charge in [0.25, 0.3) is 0 Å². The van der Waals surface area contributed by atoms with E-state index in [1.165, 1.54) is 19.3 Å². The Balaban J connectivity index is 1.71. The van der Waals surface area contributed by atoms with Crippen LogP contribution in [0, 0.1) is 24.2 Å². The molecule has 4 bridgehead atoms. The minimum atomic E-state index is -0.0792. The first-order valence-electron chi connectivity index (χ1n) is 6.75. The van der Waals surface area contributed by atoms with Gasteiger partial charge in [0.05, 0.1) is 6.42 Å². The van der Waals surface area contributed by atoms with Crippen LogP contribution in [0.5, 0.6) is 0 Å². The zero-order chi connectivity index (χ0) is 11.2. The first-order valence-corrected chi connectivity index (χ1v) is 6.75. The fourth-order valence-electron chi connectivity index (χ4n) is 4.58. The van der Waals surface area contributed by atoms with Crippen LogP contribution in [0.4, 0.5) is 0 Å². The third-order valence-electron chi connectivity index (χ3n) is 4.67. The van der Waals surface area contributed by atoms with Gasteiger partial charge in [-0.25, -0.2) is 0 Å². The average molecular weight is 221 g/mol. The highest BCUT2D eigenvalue weighted by molar-refractivity contribution is 5.79. The molecule has 4 aliphatic rings. The minimum absolute atomic E-state index is 0.0580. The monoisotopic (exact) mass is 221 g/mol. The molecule has 0 aliphatic heterocycles. The summed E-state index contributed by atoms with van der Waals surface area (Å²) in [7, 11) is 0. The lowest BCUT2D eigenvalue weighted by Crippen LogP contribution is -2.52. The first-order chi connectivity index (χ1) is 7.69. The van der Waals surface area contributed by atoms with E-state index in [2.05, 4.69) is 0 Å². The quantitative estimate of drug-likeness (QED) is 0.684. The summed E-state index contributed by atoms with van der Waals surface area (Å²) in [6, 6.07) is 0. The smallest absolute Gasteiger partial charge is 0.310 e. The molecule has 0 unspecified atom stereocenters. The Morgan fingerprint density at radius 1 is 1.19 bits per heavy atom. The molecule has 4 saturated carbocycles. The molecule has 0 saturated heterocycles. The van der Waals surface area contributed by atoms with Gasteiger partial charge in [-0.05, 0) is 62.7 Å². The molecule has 0 atom stereocenters. The molecule has 0 aromatic heterocycles. The van der Waals surface area contributed by atoms with E-state index in [0.717, 1.165) is 43.4 Å². The molecule has 0 aromatic carbocycles. The Labute approximate surface area is 97.7 Å². The number of carbonyl (C=O) groups is 1. The molecule has 4 rings (SSSR count). The number of carbonyl (C=O) groups excluding carboxylic acids is 1. The van der Waals surface area contributed by atoms with Crippen molar-refractivity contribution in [2.75, 3.05) is 0 Å². The summed E-state index contributed by atoms with van der Waals surface area (Å²) >= 11 is 0. The molecule has 1 radical (unpaired) electrons. The maximum atomic E-state index is 11.6. The fraction of sp³-hybridized carbons (Fsp3) is 0.857. The highest BCUT2D eigenvalue weighted by Crippen LogP contribution is 2.57. The maximum Gasteiger partial charge on any atom is 0.310 e. The van der Waals surface area contributed by atoms with Gasteiger partial charge < -0.3 is 4.74 Å². The zero-order valence-electron chi connectivity index (χ0n) is 10.1. The summed E-state index contributed by atoms with van der Waals surface area (Å²) in [4.78, 5) is 11.6. The fourth-order valence-corrected chi connectivity index (χ4v) is 4.58. The van der Waals surface area contributed by atoms with Crippen molar-refractivity contribution in [2.45, 2.75) is 57.5 Å². The molecule has 0 amide bonds. The minimum Gasteiger partial charge on any atom is -0.459 e. The van der Waals surface area contributed by atoms with Crippen molar-refractivity contribution >= 4 is 5.97 Å². The van der Waals surface area contributed by atoms with E-state index < -0.39 is 0 Å². The van der Waals surface area contributed by atoms with Crippen LogP contribution in [0.1, 0.15) is 51.9 Å². The summed E-state index contributed by atoms with van der Waals surface area (Å²) in [5.74, 6) is 2.46. The van der Waals surface area contributed by atoms with Crippen LogP contribution in [-0.4, -0.2) is 11.6 Å². The van der Waals surface area contributed by atoms with Crippen molar-refractivity contribution in [3.8, 4) is 0 Å². The molecular formula is C14H21O2. The third-order valence-corrected chi connectivity index (χ3v) is 4.67. The summed E-state index contributed by atoms with van der Waals surface area (Å²) < 4.78 is 5.80. The average Bonchev–Trinajstić information content (AvgIpc) is 2.13. The Kier molecular flexibility index (Phi) is 2.49. The lowest BCUT2D eigenvalue weighted by atomic mass is 9.54. The van der Waals surface area contributed by atoms with Crippen molar-refractivity contribution in [1.82, 2.24) is 0 Å². The van der Waals surface area contributed by atoms with Gasteiger partial charge >= 0.3 is 5.97 Å². The molecule has 0 spiro atoms. The molecule has 0 aromatic rings. The van der Waals surface area contributed by atoms with Crippen molar-refractivity contribution in [3.63, 3.8) is 0 Å². The van der Waals surface area contributed by atoms with E-state index in [4.69, 9.17) is 4.74 Å². The lowest BCUT2D eigenvalue weighted by molar-refractivity contribution is -0.182. The van der Waals surface area contributed by atoms with Gasteiger partial charge in [0, 0.05) is 0 Å². The first kappa shape index (κ1) is 10.6. The Morgan fingerprint density at radius 2 is 1.69 bits per heavy atom. The van der Waals surface area contributed by atoms with Crippen molar-refractivity contribution in [3.05, 3.63) is 6.42 Å². The van der Waals surface area contributed by atoms with Crippen LogP contribution in [0.3, 0.4) is 0 Å². The Hall–Kier alpha value is -0.530. The molecule has 0 N–H and O–H groups in total. The summed E-state index contributed by atoms with van der Waals surface area (Å²) in [5, 5.41) is 0. The second-order valence-electron chi connectivity index (χ2n) is 6.13. The van der Waals surface area contributed by atoms with Crippen molar-refractivity contribution in [2.24, 2.45) is 17.8 Å². The van der Waals surface area contributed by atoms with Crippen LogP contribution in [0.15, 0.2) is 0 Å². The summed E-state index contributed by atoms with van der Waals surface area (Å²) in [6.07, 6.45) is 10.1. The van der Waals surface area contributed by atoms with E-state index in [1.807, 2.05) is 6.92 Å². The molecular weight excluding hydrogens is 200 g/mol. The van der Waals surface area contributed by atoms with E-state index in [9.17, 15) is 4.79 Å². The molecule has 4 fully saturated rings. The lowest BCUT2D eigenvalue weighted by Gasteiger charge is -2.55. The molecule has 89 valence electrons. The predicted octanol–water partition coefficient (Wildman–Crippen LogP) is 3.11. The van der Waals surface area contributed by atoms with Gasteiger partial charge in [-0.15, -0.1) is 0 Å². The number of hydrogen-bond acceptors (Lipinski definition) is 2.